The highest BCUT2D eigenvalue weighted by Crippen LogP contribution is 2.53. The fourth-order valence-electron chi connectivity index (χ4n) is 6.15. The van der Waals surface area contributed by atoms with Crippen LogP contribution in [0, 0.1) is 25.6 Å². The maximum absolute atomic E-state index is 14.6. The Balaban J connectivity index is 1.76. The number of aryl methyl sites for hydroxylation is 2. The highest BCUT2D eigenvalue weighted by molar-refractivity contribution is 7.10. The predicted octanol–water partition coefficient (Wildman–Crippen LogP) is 4.67. The van der Waals surface area contributed by atoms with Gasteiger partial charge in [-0.15, -0.1) is 11.3 Å². The van der Waals surface area contributed by atoms with Crippen molar-refractivity contribution in [2.75, 3.05) is 32.7 Å². The van der Waals surface area contributed by atoms with Gasteiger partial charge in [0.25, 0.3) is 0 Å². The number of nitrogens with one attached hydrogen (secondary N) is 2. The summed E-state index contributed by atoms with van der Waals surface area (Å²) in [5, 5.41) is 8.15. The van der Waals surface area contributed by atoms with Crippen molar-refractivity contribution < 1.29 is 18.8 Å². The molecule has 9 heteroatoms. The molecule has 7 nitrogen and oxygen atoms in total. The molecule has 3 aromatic rings. The van der Waals surface area contributed by atoms with Crippen LogP contribution in [0.3, 0.4) is 0 Å². The normalized spacial score (nSPS) is 22.8. The molecule has 0 aliphatic carbocycles. The molecule has 210 valence electrons. The molecule has 2 aliphatic heterocycles. The van der Waals surface area contributed by atoms with Crippen LogP contribution in [0.1, 0.15) is 50.8 Å². The number of carbonyl (C=O) groups excluding carboxylic acids is 3. The average molecular weight is 563 g/mol. The molecule has 4 unspecified atom stereocenters. The van der Waals surface area contributed by atoms with Gasteiger partial charge in [-0.2, -0.15) is 0 Å². The maximum atomic E-state index is 14.6. The van der Waals surface area contributed by atoms with E-state index in [0.29, 0.717) is 43.9 Å². The molecular weight excluding hydrogens is 527 g/mol. The molecule has 1 aromatic heterocycles. The van der Waals surface area contributed by atoms with Crippen molar-refractivity contribution in [2.45, 2.75) is 38.8 Å². The number of amides is 3. The van der Waals surface area contributed by atoms with E-state index in [1.54, 1.807) is 28.0 Å². The summed E-state index contributed by atoms with van der Waals surface area (Å²) in [6.07, 6.45) is 0. The molecule has 2 fully saturated rings. The molecule has 2 N–H and O–H groups in total. The summed E-state index contributed by atoms with van der Waals surface area (Å²) in [5.41, 5.74) is 2.99. The third kappa shape index (κ3) is 5.15. The summed E-state index contributed by atoms with van der Waals surface area (Å²) in [6, 6.07) is 13.3. The zero-order chi connectivity index (χ0) is 28.4. The molecule has 2 saturated heterocycles. The topological polar surface area (TPSA) is 81.8 Å². The third-order valence-electron chi connectivity index (χ3n) is 8.04. The Kier molecular flexibility index (Phi) is 8.32. The third-order valence-corrected chi connectivity index (χ3v) is 9.16. The Morgan fingerprint density at radius 3 is 2.33 bits per heavy atom. The number of halogens is 1. The van der Waals surface area contributed by atoms with Gasteiger partial charge >= 0.3 is 6.03 Å². The van der Waals surface area contributed by atoms with Gasteiger partial charge in [0, 0.05) is 49.1 Å². The van der Waals surface area contributed by atoms with Gasteiger partial charge in [0.1, 0.15) is 11.9 Å². The van der Waals surface area contributed by atoms with Gasteiger partial charge in [-0.25, -0.2) is 9.18 Å². The molecule has 2 aromatic carbocycles. The van der Waals surface area contributed by atoms with Gasteiger partial charge in [-0.1, -0.05) is 36.4 Å². The van der Waals surface area contributed by atoms with E-state index in [4.69, 9.17) is 0 Å². The highest BCUT2D eigenvalue weighted by atomic mass is 32.1. The zero-order valence-electron chi connectivity index (χ0n) is 23.0. The Bertz CT molecular complexity index is 1390. The first kappa shape index (κ1) is 28.0. The van der Waals surface area contributed by atoms with Crippen molar-refractivity contribution in [3.8, 4) is 0 Å². The van der Waals surface area contributed by atoms with Crippen molar-refractivity contribution in [3.05, 3.63) is 92.9 Å². The first-order chi connectivity index (χ1) is 19.3. The number of rotatable bonds is 6. The van der Waals surface area contributed by atoms with E-state index in [-0.39, 0.29) is 11.7 Å². The number of urea groups is 1. The molecule has 4 atom stereocenters. The first-order valence-electron chi connectivity index (χ1n) is 13.8. The van der Waals surface area contributed by atoms with E-state index < -0.39 is 35.8 Å². The van der Waals surface area contributed by atoms with E-state index >= 15 is 0 Å². The Morgan fingerprint density at radius 2 is 1.70 bits per heavy atom. The fourth-order valence-corrected chi connectivity index (χ4v) is 7.25. The van der Waals surface area contributed by atoms with Crippen LogP contribution in [0.5, 0.6) is 0 Å². The number of likely N-dealkylation sites (tertiary alicyclic amines) is 1. The minimum atomic E-state index is -0.907. The molecule has 3 amide bonds. The number of nitrogens with zero attached hydrogens (tertiary/aromatic N) is 2. The summed E-state index contributed by atoms with van der Waals surface area (Å²) in [4.78, 5) is 47.3. The quantitative estimate of drug-likeness (QED) is 0.428. The number of piperazine rings is 1. The van der Waals surface area contributed by atoms with E-state index in [2.05, 4.69) is 10.6 Å². The Labute approximate surface area is 238 Å². The number of benzene rings is 2. The predicted molar refractivity (Wildman–Crippen MR) is 154 cm³/mol. The number of hydrogen-bond acceptors (Lipinski definition) is 5. The second-order valence-electron chi connectivity index (χ2n) is 10.5. The summed E-state index contributed by atoms with van der Waals surface area (Å²) in [6.45, 7) is 8.42. The van der Waals surface area contributed by atoms with E-state index in [0.717, 1.165) is 16.0 Å². The summed E-state index contributed by atoms with van der Waals surface area (Å²) in [5.74, 6) is -2.05. The number of hydrogen-bond donors (Lipinski definition) is 2. The van der Waals surface area contributed by atoms with Crippen molar-refractivity contribution in [1.29, 1.82) is 0 Å². The molecule has 0 bridgehead atoms. The number of carbonyl (C=O) groups is 3. The SMILES string of the molecule is CCNC(=O)N1C(C(=O)N2CCNCC2)C(c2sccc2C)C(C(=O)c2ccccc2C)C1c1ccc(F)cc1. The van der Waals surface area contributed by atoms with E-state index in [9.17, 15) is 18.8 Å². The van der Waals surface area contributed by atoms with Crippen LogP contribution in [-0.4, -0.2) is 66.3 Å². The Morgan fingerprint density at radius 1 is 1.00 bits per heavy atom. The molecule has 0 saturated carbocycles. The standard InChI is InChI=1S/C31H35FN4O3S/c1-4-34-31(39)36-26(21-9-11-22(32)12-10-21)24(28(37)23-8-6-5-7-19(23)2)25(29-20(3)13-18-40-29)27(36)30(38)35-16-14-33-15-17-35/h5-13,18,24-27,33H,4,14-17H2,1-3H3,(H,34,39). The number of Topliss-reactive ketones (excluding diaryl/α,β-unsaturated/α-hetero) is 1. The fraction of sp³-hybridized carbons (Fsp3) is 0.387. The highest BCUT2D eigenvalue weighted by Gasteiger charge is 2.58. The van der Waals surface area contributed by atoms with Gasteiger partial charge in [-0.05, 0) is 61.0 Å². The molecule has 40 heavy (non-hydrogen) atoms. The van der Waals surface area contributed by atoms with Crippen LogP contribution in [0.4, 0.5) is 9.18 Å². The van der Waals surface area contributed by atoms with Gasteiger partial charge in [0.15, 0.2) is 5.78 Å². The first-order valence-corrected chi connectivity index (χ1v) is 14.7. The van der Waals surface area contributed by atoms with Crippen LogP contribution in [-0.2, 0) is 4.79 Å². The minimum Gasteiger partial charge on any atom is -0.338 e. The van der Waals surface area contributed by atoms with Crippen molar-refractivity contribution in [2.24, 2.45) is 5.92 Å². The van der Waals surface area contributed by atoms with Gasteiger partial charge in [0.2, 0.25) is 5.91 Å². The number of thiophene rings is 1. The van der Waals surface area contributed by atoms with Crippen LogP contribution in [0.15, 0.2) is 60.0 Å². The Hall–Kier alpha value is -3.56. The molecule has 5 rings (SSSR count). The lowest BCUT2D eigenvalue weighted by Gasteiger charge is -2.36. The monoisotopic (exact) mass is 562 g/mol. The molecule has 0 spiro atoms. The van der Waals surface area contributed by atoms with Crippen LogP contribution < -0.4 is 10.6 Å². The molecule has 0 radical (unpaired) electrons. The van der Waals surface area contributed by atoms with E-state index in [1.807, 2.05) is 50.4 Å². The maximum Gasteiger partial charge on any atom is 0.318 e. The lowest BCUT2D eigenvalue weighted by Crippen LogP contribution is -2.56. The van der Waals surface area contributed by atoms with Gasteiger partial charge < -0.3 is 20.4 Å². The molecule has 2 aliphatic rings. The van der Waals surface area contributed by atoms with Crippen molar-refractivity contribution >= 4 is 29.1 Å². The largest absolute Gasteiger partial charge is 0.338 e. The summed E-state index contributed by atoms with van der Waals surface area (Å²) in [7, 11) is 0. The second kappa shape index (κ2) is 11.9. The minimum absolute atomic E-state index is 0.130. The molecular formula is C31H35FN4O3S. The van der Waals surface area contributed by atoms with E-state index in [1.165, 1.54) is 23.5 Å². The summed E-state index contributed by atoms with van der Waals surface area (Å²) >= 11 is 1.51. The zero-order valence-corrected chi connectivity index (χ0v) is 23.8. The van der Waals surface area contributed by atoms with Gasteiger partial charge in [0.05, 0.1) is 12.0 Å². The molecule has 3 heterocycles. The van der Waals surface area contributed by atoms with Crippen molar-refractivity contribution in [1.82, 2.24) is 20.4 Å². The van der Waals surface area contributed by atoms with Crippen LogP contribution in [0.2, 0.25) is 0 Å². The summed E-state index contributed by atoms with van der Waals surface area (Å²) < 4.78 is 14.1. The second-order valence-corrected chi connectivity index (χ2v) is 11.4. The van der Waals surface area contributed by atoms with Gasteiger partial charge in [-0.3, -0.25) is 9.59 Å². The lowest BCUT2D eigenvalue weighted by molar-refractivity contribution is -0.136. The lowest BCUT2D eigenvalue weighted by atomic mass is 9.77. The average Bonchev–Trinajstić information content (AvgIpc) is 3.54. The van der Waals surface area contributed by atoms with Crippen LogP contribution in [0.25, 0.3) is 0 Å². The number of ketones is 1. The smallest absolute Gasteiger partial charge is 0.318 e. The van der Waals surface area contributed by atoms with Crippen molar-refractivity contribution in [3.63, 3.8) is 0 Å². The van der Waals surface area contributed by atoms with Crippen LogP contribution >= 0.6 is 11.3 Å².